The van der Waals surface area contributed by atoms with Crippen LogP contribution in [0.3, 0.4) is 0 Å². The van der Waals surface area contributed by atoms with E-state index in [-0.39, 0.29) is 18.3 Å². The van der Waals surface area contributed by atoms with Gasteiger partial charge in [-0.3, -0.25) is 4.79 Å². The fourth-order valence-electron chi connectivity index (χ4n) is 3.38. The zero-order chi connectivity index (χ0) is 14.0. The molecule has 1 aliphatic carbocycles. The van der Waals surface area contributed by atoms with Gasteiger partial charge < -0.3 is 10.6 Å². The number of nitrogen functional groups attached to an aromatic ring is 1. The SMILES string of the molecule is Cl.Nc1ccccc1C(=O)N1CCSC2(CCCCC2)C1. The van der Waals surface area contributed by atoms with E-state index in [0.717, 1.165) is 18.8 Å². The molecule has 1 saturated heterocycles. The van der Waals surface area contributed by atoms with Crippen LogP contribution in [0.25, 0.3) is 0 Å². The molecule has 0 radical (unpaired) electrons. The number of anilines is 1. The molecule has 0 aromatic heterocycles. The highest BCUT2D eigenvalue weighted by atomic mass is 35.5. The molecule has 0 atom stereocenters. The summed E-state index contributed by atoms with van der Waals surface area (Å²) in [5.74, 6) is 1.16. The van der Waals surface area contributed by atoms with Crippen LogP contribution < -0.4 is 5.73 Å². The highest BCUT2D eigenvalue weighted by molar-refractivity contribution is 8.00. The van der Waals surface area contributed by atoms with Gasteiger partial charge in [0.15, 0.2) is 0 Å². The average molecular weight is 327 g/mol. The van der Waals surface area contributed by atoms with Gasteiger partial charge in [-0.2, -0.15) is 11.8 Å². The van der Waals surface area contributed by atoms with Gasteiger partial charge in [0, 0.05) is 29.3 Å². The first-order valence-corrected chi connectivity index (χ1v) is 8.47. The predicted molar refractivity (Wildman–Crippen MR) is 92.3 cm³/mol. The molecule has 1 aromatic carbocycles. The van der Waals surface area contributed by atoms with E-state index in [1.54, 1.807) is 0 Å². The first-order valence-electron chi connectivity index (χ1n) is 7.48. The summed E-state index contributed by atoms with van der Waals surface area (Å²) in [4.78, 5) is 14.7. The fraction of sp³-hybridized carbons (Fsp3) is 0.562. The van der Waals surface area contributed by atoms with Crippen molar-refractivity contribution in [1.29, 1.82) is 0 Å². The minimum absolute atomic E-state index is 0. The standard InChI is InChI=1S/C16H22N2OS.ClH/c17-14-7-3-2-6-13(14)15(19)18-10-11-20-16(12-18)8-4-1-5-9-16;/h2-3,6-7H,1,4-5,8-12,17H2;1H. The van der Waals surface area contributed by atoms with Crippen LogP contribution in [-0.4, -0.2) is 34.4 Å². The Labute approximate surface area is 137 Å². The fourth-order valence-corrected chi connectivity index (χ4v) is 4.95. The van der Waals surface area contributed by atoms with E-state index >= 15 is 0 Å². The number of thioether (sulfide) groups is 1. The van der Waals surface area contributed by atoms with Crippen molar-refractivity contribution in [2.75, 3.05) is 24.6 Å². The number of nitrogens with zero attached hydrogens (tertiary/aromatic N) is 1. The Kier molecular flexibility index (Phi) is 5.44. The largest absolute Gasteiger partial charge is 0.398 e. The molecule has 21 heavy (non-hydrogen) atoms. The van der Waals surface area contributed by atoms with Crippen molar-refractivity contribution in [2.45, 2.75) is 36.9 Å². The quantitative estimate of drug-likeness (QED) is 0.802. The van der Waals surface area contributed by atoms with E-state index in [2.05, 4.69) is 11.8 Å². The molecule has 116 valence electrons. The summed E-state index contributed by atoms with van der Waals surface area (Å²) in [6.07, 6.45) is 6.48. The Balaban J connectivity index is 0.00000161. The Morgan fingerprint density at radius 2 is 1.90 bits per heavy atom. The summed E-state index contributed by atoms with van der Waals surface area (Å²) in [5, 5.41) is 0. The number of carbonyl (C=O) groups is 1. The molecule has 1 heterocycles. The van der Waals surface area contributed by atoms with Gasteiger partial charge in [0.25, 0.3) is 5.91 Å². The lowest BCUT2D eigenvalue weighted by Crippen LogP contribution is -2.50. The van der Waals surface area contributed by atoms with Crippen LogP contribution in [0.5, 0.6) is 0 Å². The van der Waals surface area contributed by atoms with Gasteiger partial charge in [-0.15, -0.1) is 12.4 Å². The molecule has 0 bridgehead atoms. The number of hydrogen-bond donors (Lipinski definition) is 1. The second-order valence-corrected chi connectivity index (χ2v) is 7.47. The molecule has 1 saturated carbocycles. The molecule has 1 amide bonds. The van der Waals surface area contributed by atoms with E-state index in [1.807, 2.05) is 29.2 Å². The summed E-state index contributed by atoms with van der Waals surface area (Å²) >= 11 is 2.08. The molecule has 1 aliphatic heterocycles. The van der Waals surface area contributed by atoms with Crippen LogP contribution in [0.1, 0.15) is 42.5 Å². The van der Waals surface area contributed by atoms with Crippen molar-refractivity contribution >= 4 is 35.8 Å². The Bertz CT molecular complexity index is 497. The van der Waals surface area contributed by atoms with E-state index < -0.39 is 0 Å². The lowest BCUT2D eigenvalue weighted by Gasteiger charge is -2.44. The summed E-state index contributed by atoms with van der Waals surface area (Å²) in [6.45, 7) is 1.74. The third-order valence-corrected chi connectivity index (χ3v) is 6.03. The van der Waals surface area contributed by atoms with Crippen molar-refractivity contribution in [1.82, 2.24) is 4.90 Å². The van der Waals surface area contributed by atoms with Crippen LogP contribution in [0, 0.1) is 0 Å². The number of para-hydroxylation sites is 1. The van der Waals surface area contributed by atoms with E-state index in [0.29, 0.717) is 16.0 Å². The summed E-state index contributed by atoms with van der Waals surface area (Å²) in [6, 6.07) is 7.41. The van der Waals surface area contributed by atoms with Crippen LogP contribution in [0.15, 0.2) is 24.3 Å². The number of amides is 1. The van der Waals surface area contributed by atoms with Crippen molar-refractivity contribution in [3.05, 3.63) is 29.8 Å². The highest BCUT2D eigenvalue weighted by Gasteiger charge is 2.38. The van der Waals surface area contributed by atoms with Crippen LogP contribution in [0.4, 0.5) is 5.69 Å². The average Bonchev–Trinajstić information content (AvgIpc) is 2.48. The number of rotatable bonds is 1. The first kappa shape index (κ1) is 16.5. The number of hydrogen-bond acceptors (Lipinski definition) is 3. The number of nitrogens with two attached hydrogens (primary N) is 1. The summed E-state index contributed by atoms with van der Waals surface area (Å²) < 4.78 is 0.315. The highest BCUT2D eigenvalue weighted by Crippen LogP contribution is 2.43. The predicted octanol–water partition coefficient (Wildman–Crippen LogP) is 3.58. The van der Waals surface area contributed by atoms with Crippen LogP contribution in [0.2, 0.25) is 0 Å². The maximum absolute atomic E-state index is 12.7. The molecule has 5 heteroatoms. The van der Waals surface area contributed by atoms with Gasteiger partial charge in [-0.05, 0) is 25.0 Å². The maximum atomic E-state index is 12.7. The lowest BCUT2D eigenvalue weighted by atomic mass is 9.87. The smallest absolute Gasteiger partial charge is 0.256 e. The Hall–Kier alpha value is -0.870. The number of benzene rings is 1. The lowest BCUT2D eigenvalue weighted by molar-refractivity contribution is 0.0731. The molecule has 1 spiro atoms. The van der Waals surface area contributed by atoms with Gasteiger partial charge in [-0.1, -0.05) is 31.4 Å². The van der Waals surface area contributed by atoms with Gasteiger partial charge in [0.05, 0.1) is 5.56 Å². The van der Waals surface area contributed by atoms with E-state index in [9.17, 15) is 4.79 Å². The van der Waals surface area contributed by atoms with Crippen molar-refractivity contribution < 1.29 is 4.79 Å². The molecule has 3 rings (SSSR count). The van der Waals surface area contributed by atoms with Crippen molar-refractivity contribution in [2.24, 2.45) is 0 Å². The molecule has 2 fully saturated rings. The zero-order valence-corrected chi connectivity index (χ0v) is 13.8. The molecule has 3 nitrogen and oxygen atoms in total. The summed E-state index contributed by atoms with van der Waals surface area (Å²) in [5.41, 5.74) is 7.19. The van der Waals surface area contributed by atoms with Crippen LogP contribution >= 0.6 is 24.2 Å². The zero-order valence-electron chi connectivity index (χ0n) is 12.2. The Morgan fingerprint density at radius 3 is 2.62 bits per heavy atom. The van der Waals surface area contributed by atoms with Crippen molar-refractivity contribution in [3.8, 4) is 0 Å². The second kappa shape index (κ2) is 6.93. The van der Waals surface area contributed by atoms with E-state index in [4.69, 9.17) is 5.73 Å². The third kappa shape index (κ3) is 3.49. The normalized spacial score (nSPS) is 20.9. The minimum atomic E-state index is 0. The monoisotopic (exact) mass is 326 g/mol. The minimum Gasteiger partial charge on any atom is -0.398 e. The maximum Gasteiger partial charge on any atom is 0.256 e. The molecule has 0 unspecified atom stereocenters. The molecule has 2 aliphatic rings. The van der Waals surface area contributed by atoms with Gasteiger partial charge >= 0.3 is 0 Å². The number of carbonyl (C=O) groups excluding carboxylic acids is 1. The molecular formula is C16H23ClN2OS. The van der Waals surface area contributed by atoms with Gasteiger partial charge in [0.1, 0.15) is 0 Å². The van der Waals surface area contributed by atoms with Crippen molar-refractivity contribution in [3.63, 3.8) is 0 Å². The second-order valence-electron chi connectivity index (χ2n) is 5.91. The van der Waals surface area contributed by atoms with E-state index in [1.165, 1.54) is 32.1 Å². The third-order valence-electron chi connectivity index (χ3n) is 4.49. The van der Waals surface area contributed by atoms with Crippen LogP contribution in [-0.2, 0) is 0 Å². The molecule has 2 N–H and O–H groups in total. The molecule has 1 aromatic rings. The summed E-state index contributed by atoms with van der Waals surface area (Å²) in [7, 11) is 0. The first-order chi connectivity index (χ1) is 9.70. The number of halogens is 1. The molecular weight excluding hydrogens is 304 g/mol. The van der Waals surface area contributed by atoms with Gasteiger partial charge in [-0.25, -0.2) is 0 Å². The Morgan fingerprint density at radius 1 is 1.19 bits per heavy atom. The topological polar surface area (TPSA) is 46.3 Å². The van der Waals surface area contributed by atoms with Gasteiger partial charge in [0.2, 0.25) is 0 Å².